The quantitative estimate of drug-likeness (QED) is 0.335. The first-order valence-electron chi connectivity index (χ1n) is 9.47. The lowest BCUT2D eigenvalue weighted by Gasteiger charge is -2.37. The number of nitrogens with one attached hydrogen (secondary N) is 2. The third-order valence-corrected chi connectivity index (χ3v) is 6.44. The average Bonchev–Trinajstić information content (AvgIpc) is 3.07. The summed E-state index contributed by atoms with van der Waals surface area (Å²) in [6, 6.07) is 0.276. The van der Waals surface area contributed by atoms with Crippen molar-refractivity contribution in [3.63, 3.8) is 0 Å². The Morgan fingerprint density at radius 1 is 1.38 bits per heavy atom. The molecule has 0 spiro atoms. The van der Waals surface area contributed by atoms with E-state index in [-0.39, 0.29) is 46.6 Å². The minimum Gasteiger partial charge on any atom is -0.381 e. The number of thioether (sulfide) groups is 1. The summed E-state index contributed by atoms with van der Waals surface area (Å²) in [5.41, 5.74) is 0. The topological polar surface area (TPSA) is 66.0 Å². The van der Waals surface area contributed by atoms with E-state index in [1.54, 1.807) is 0 Å². The second-order valence-electron chi connectivity index (χ2n) is 7.22. The van der Waals surface area contributed by atoms with Crippen LogP contribution < -0.4 is 10.6 Å². The van der Waals surface area contributed by atoms with Crippen LogP contribution in [0.4, 0.5) is 0 Å². The van der Waals surface area contributed by atoms with Gasteiger partial charge in [0.25, 0.3) is 0 Å². The maximum Gasteiger partial charge on any atom is 0.225 e. The molecule has 2 N–H and O–H groups in total. The SMILES string of the molecule is CCSC1(CNC(=NC)NC2CCN(C(=O)C(C)C)C2)CCOCC1.I. The van der Waals surface area contributed by atoms with E-state index in [0.717, 1.165) is 63.8 Å². The number of halogens is 1. The van der Waals surface area contributed by atoms with Crippen LogP contribution in [0.5, 0.6) is 0 Å². The Morgan fingerprint density at radius 3 is 2.65 bits per heavy atom. The third-order valence-electron chi connectivity index (χ3n) is 4.99. The first-order valence-corrected chi connectivity index (χ1v) is 10.5. The van der Waals surface area contributed by atoms with E-state index in [1.807, 2.05) is 37.6 Å². The van der Waals surface area contributed by atoms with Gasteiger partial charge < -0.3 is 20.3 Å². The molecule has 0 aromatic rings. The summed E-state index contributed by atoms with van der Waals surface area (Å²) < 4.78 is 5.78. The number of guanidine groups is 1. The second-order valence-corrected chi connectivity index (χ2v) is 8.96. The average molecular weight is 498 g/mol. The molecule has 0 aromatic carbocycles. The molecule has 0 aliphatic carbocycles. The maximum atomic E-state index is 12.1. The summed E-state index contributed by atoms with van der Waals surface area (Å²) in [6.45, 7) is 10.3. The van der Waals surface area contributed by atoms with Gasteiger partial charge >= 0.3 is 0 Å². The molecule has 2 aliphatic heterocycles. The number of likely N-dealkylation sites (tertiary alicyclic amines) is 1. The van der Waals surface area contributed by atoms with Crippen LogP contribution in [0.1, 0.15) is 40.0 Å². The van der Waals surface area contributed by atoms with E-state index in [1.165, 1.54) is 0 Å². The third kappa shape index (κ3) is 6.74. The Hall–Kier alpha value is -0.220. The smallest absolute Gasteiger partial charge is 0.225 e. The van der Waals surface area contributed by atoms with Crippen LogP contribution in [-0.4, -0.2) is 73.2 Å². The number of hydrogen-bond acceptors (Lipinski definition) is 4. The number of amides is 1. The molecular weight excluding hydrogens is 463 g/mol. The van der Waals surface area contributed by atoms with Gasteiger partial charge in [-0.2, -0.15) is 11.8 Å². The zero-order valence-corrected chi connectivity index (χ0v) is 19.7. The molecule has 26 heavy (non-hydrogen) atoms. The lowest BCUT2D eigenvalue weighted by molar-refractivity contribution is -0.133. The van der Waals surface area contributed by atoms with Crippen LogP contribution in [0.2, 0.25) is 0 Å². The molecule has 2 heterocycles. The summed E-state index contributed by atoms with van der Waals surface area (Å²) in [4.78, 5) is 18.5. The van der Waals surface area contributed by atoms with E-state index in [9.17, 15) is 4.79 Å². The summed E-state index contributed by atoms with van der Waals surface area (Å²) in [6.07, 6.45) is 3.13. The van der Waals surface area contributed by atoms with Gasteiger partial charge in [-0.1, -0.05) is 20.8 Å². The van der Waals surface area contributed by atoms with E-state index >= 15 is 0 Å². The van der Waals surface area contributed by atoms with Crippen molar-refractivity contribution in [1.82, 2.24) is 15.5 Å². The summed E-state index contributed by atoms with van der Waals surface area (Å²) in [7, 11) is 1.81. The number of ether oxygens (including phenoxy) is 1. The van der Waals surface area contributed by atoms with Gasteiger partial charge in [-0.05, 0) is 25.0 Å². The molecule has 0 radical (unpaired) electrons. The second kappa shape index (κ2) is 11.6. The van der Waals surface area contributed by atoms with Crippen LogP contribution in [0.15, 0.2) is 4.99 Å². The highest BCUT2D eigenvalue weighted by Crippen LogP contribution is 2.34. The Balaban J connectivity index is 0.00000338. The van der Waals surface area contributed by atoms with Crippen molar-refractivity contribution < 1.29 is 9.53 Å². The molecule has 1 unspecified atom stereocenters. The number of carbonyl (C=O) groups excluding carboxylic acids is 1. The molecule has 6 nitrogen and oxygen atoms in total. The van der Waals surface area contributed by atoms with Gasteiger partial charge in [-0.3, -0.25) is 9.79 Å². The number of hydrogen-bond donors (Lipinski definition) is 2. The molecule has 1 atom stereocenters. The molecule has 2 saturated heterocycles. The molecule has 0 bridgehead atoms. The summed E-state index contributed by atoms with van der Waals surface area (Å²) in [5, 5.41) is 7.01. The molecule has 8 heteroatoms. The summed E-state index contributed by atoms with van der Waals surface area (Å²) >= 11 is 2.02. The van der Waals surface area contributed by atoms with Crippen molar-refractivity contribution >= 4 is 47.6 Å². The Morgan fingerprint density at radius 2 is 2.08 bits per heavy atom. The first-order chi connectivity index (χ1) is 12.0. The Kier molecular flexibility index (Phi) is 10.6. The molecule has 1 amide bonds. The predicted molar refractivity (Wildman–Crippen MR) is 121 cm³/mol. The van der Waals surface area contributed by atoms with Crippen LogP contribution in [0, 0.1) is 5.92 Å². The van der Waals surface area contributed by atoms with E-state index < -0.39 is 0 Å². The van der Waals surface area contributed by atoms with Crippen LogP contribution in [-0.2, 0) is 9.53 Å². The summed E-state index contributed by atoms with van der Waals surface area (Å²) in [5.74, 6) is 2.26. The van der Waals surface area contributed by atoms with Crippen molar-refractivity contribution in [1.29, 1.82) is 0 Å². The van der Waals surface area contributed by atoms with Crippen LogP contribution >= 0.6 is 35.7 Å². The largest absolute Gasteiger partial charge is 0.381 e. The van der Waals surface area contributed by atoms with E-state index in [0.29, 0.717) is 0 Å². The highest BCUT2D eigenvalue weighted by molar-refractivity contribution is 14.0. The fraction of sp³-hybridized carbons (Fsp3) is 0.889. The normalized spacial score (nSPS) is 22.9. The van der Waals surface area contributed by atoms with Gasteiger partial charge in [0.1, 0.15) is 0 Å². The molecule has 152 valence electrons. The molecular formula is C18H35IN4O2S. The predicted octanol–water partition coefficient (Wildman–Crippen LogP) is 2.33. The van der Waals surface area contributed by atoms with Crippen molar-refractivity contribution in [3.05, 3.63) is 0 Å². The molecule has 2 rings (SSSR count). The Labute approximate surface area is 179 Å². The van der Waals surface area contributed by atoms with Crippen molar-refractivity contribution in [2.45, 2.75) is 50.8 Å². The van der Waals surface area contributed by atoms with Gasteiger partial charge in [0, 0.05) is 56.6 Å². The molecule has 0 aromatic heterocycles. The molecule has 2 fully saturated rings. The van der Waals surface area contributed by atoms with Crippen molar-refractivity contribution in [2.24, 2.45) is 10.9 Å². The number of rotatable bonds is 6. The van der Waals surface area contributed by atoms with Gasteiger partial charge in [-0.25, -0.2) is 0 Å². The lowest BCUT2D eigenvalue weighted by Crippen LogP contribution is -2.50. The number of nitrogens with zero attached hydrogens (tertiary/aromatic N) is 2. The lowest BCUT2D eigenvalue weighted by atomic mass is 9.99. The van der Waals surface area contributed by atoms with E-state index in [2.05, 4.69) is 22.5 Å². The molecule has 2 aliphatic rings. The Bertz CT molecular complexity index is 465. The molecule has 0 saturated carbocycles. The highest BCUT2D eigenvalue weighted by Gasteiger charge is 2.33. The monoisotopic (exact) mass is 498 g/mol. The van der Waals surface area contributed by atoms with Gasteiger partial charge in [0.2, 0.25) is 5.91 Å². The minimum absolute atomic E-state index is 0. The first kappa shape index (κ1) is 23.8. The number of aliphatic imine (C=N–C) groups is 1. The maximum absolute atomic E-state index is 12.1. The standard InChI is InChI=1S/C18H34N4O2S.HI/c1-5-25-18(7-10-24-11-8-18)13-20-17(19-4)21-15-6-9-22(12-15)16(23)14(2)3;/h14-15H,5-13H2,1-4H3,(H2,19,20,21);1H. The number of carbonyl (C=O) groups is 1. The van der Waals surface area contributed by atoms with Crippen LogP contribution in [0.3, 0.4) is 0 Å². The van der Waals surface area contributed by atoms with Crippen LogP contribution in [0.25, 0.3) is 0 Å². The van der Waals surface area contributed by atoms with Gasteiger partial charge in [0.15, 0.2) is 5.96 Å². The van der Waals surface area contributed by atoms with Gasteiger partial charge in [0.05, 0.1) is 0 Å². The zero-order valence-electron chi connectivity index (χ0n) is 16.5. The van der Waals surface area contributed by atoms with Gasteiger partial charge in [-0.15, -0.1) is 24.0 Å². The van der Waals surface area contributed by atoms with Crippen molar-refractivity contribution in [2.75, 3.05) is 45.6 Å². The minimum atomic E-state index is 0. The van der Waals surface area contributed by atoms with E-state index in [4.69, 9.17) is 4.74 Å². The highest BCUT2D eigenvalue weighted by atomic mass is 127. The zero-order chi connectivity index (χ0) is 18.3. The fourth-order valence-corrected chi connectivity index (χ4v) is 4.74. The van der Waals surface area contributed by atoms with Crippen molar-refractivity contribution in [3.8, 4) is 0 Å². The fourth-order valence-electron chi connectivity index (χ4n) is 3.50.